The van der Waals surface area contributed by atoms with Gasteiger partial charge in [-0.3, -0.25) is 9.59 Å². The summed E-state index contributed by atoms with van der Waals surface area (Å²) in [4.78, 5) is 27.9. The first kappa shape index (κ1) is 18.0. The van der Waals surface area contributed by atoms with Crippen LogP contribution in [0.4, 0.5) is 0 Å². The summed E-state index contributed by atoms with van der Waals surface area (Å²) in [6.45, 7) is 5.60. The average Bonchev–Trinajstić information content (AvgIpc) is 3.06. The highest BCUT2D eigenvalue weighted by molar-refractivity contribution is 7.10. The second-order valence-corrected chi connectivity index (χ2v) is 6.69. The molecule has 0 bridgehead atoms. The maximum absolute atomic E-state index is 12.3. The Balaban J connectivity index is 2.07. The second kappa shape index (κ2) is 7.93. The van der Waals surface area contributed by atoms with Gasteiger partial charge in [-0.1, -0.05) is 13.0 Å². The van der Waals surface area contributed by atoms with E-state index in [1.165, 1.54) is 0 Å². The van der Waals surface area contributed by atoms with Crippen molar-refractivity contribution in [3.05, 3.63) is 55.1 Å². The third-order valence-corrected chi connectivity index (χ3v) is 5.14. The summed E-state index contributed by atoms with van der Waals surface area (Å²) in [7, 11) is 0. The number of carbonyl (C=O) groups is 1. The summed E-state index contributed by atoms with van der Waals surface area (Å²) < 4.78 is 0. The van der Waals surface area contributed by atoms with Crippen LogP contribution in [0.15, 0.2) is 22.3 Å². The van der Waals surface area contributed by atoms with Gasteiger partial charge in [0, 0.05) is 17.0 Å². The predicted molar refractivity (Wildman–Crippen MR) is 95.1 cm³/mol. The van der Waals surface area contributed by atoms with Crippen LogP contribution in [0.25, 0.3) is 0 Å². The standard InChI is InChI=1S/C18H21N3O2S/c1-4-15(16-6-5-9-24-16)21-17(22)8-7-13-11(2)14(10-19)18(23)20-12(13)3/h5-6,9,15H,4,7-8H2,1-3H3,(H,20,23)(H,21,22)/t15-/m1/s1. The molecule has 0 radical (unpaired) electrons. The van der Waals surface area contributed by atoms with E-state index in [0.717, 1.165) is 22.6 Å². The Morgan fingerprint density at radius 1 is 1.46 bits per heavy atom. The first-order chi connectivity index (χ1) is 11.5. The summed E-state index contributed by atoms with van der Waals surface area (Å²) in [6, 6.07) is 5.97. The van der Waals surface area contributed by atoms with Crippen molar-refractivity contribution in [2.75, 3.05) is 0 Å². The van der Waals surface area contributed by atoms with Crippen molar-refractivity contribution in [1.29, 1.82) is 5.26 Å². The Bertz CT molecular complexity index is 816. The molecule has 1 atom stereocenters. The van der Waals surface area contributed by atoms with E-state index in [1.807, 2.05) is 30.5 Å². The Morgan fingerprint density at radius 3 is 2.79 bits per heavy atom. The van der Waals surface area contributed by atoms with E-state index in [2.05, 4.69) is 10.3 Å². The summed E-state index contributed by atoms with van der Waals surface area (Å²) in [5.41, 5.74) is 2.00. The smallest absolute Gasteiger partial charge is 0.266 e. The molecule has 2 aromatic rings. The topological polar surface area (TPSA) is 85.8 Å². The first-order valence-electron chi connectivity index (χ1n) is 7.93. The van der Waals surface area contributed by atoms with Gasteiger partial charge < -0.3 is 10.3 Å². The van der Waals surface area contributed by atoms with Crippen LogP contribution < -0.4 is 10.9 Å². The highest BCUT2D eigenvalue weighted by Crippen LogP contribution is 2.22. The van der Waals surface area contributed by atoms with Gasteiger partial charge in [-0.2, -0.15) is 5.26 Å². The lowest BCUT2D eigenvalue weighted by Crippen LogP contribution is -2.28. The molecule has 5 nitrogen and oxygen atoms in total. The minimum atomic E-state index is -0.371. The zero-order chi connectivity index (χ0) is 17.7. The number of hydrogen-bond donors (Lipinski definition) is 2. The number of nitrogens with one attached hydrogen (secondary N) is 2. The maximum atomic E-state index is 12.3. The van der Waals surface area contributed by atoms with E-state index in [9.17, 15) is 9.59 Å². The normalized spacial score (nSPS) is 11.8. The number of carbonyl (C=O) groups excluding carboxylic acids is 1. The van der Waals surface area contributed by atoms with E-state index in [1.54, 1.807) is 25.2 Å². The van der Waals surface area contributed by atoms with Gasteiger partial charge in [0.15, 0.2) is 0 Å². The summed E-state index contributed by atoms with van der Waals surface area (Å²) in [5.74, 6) is -0.0289. The van der Waals surface area contributed by atoms with Crippen molar-refractivity contribution in [3.8, 4) is 6.07 Å². The molecule has 0 saturated carbocycles. The van der Waals surface area contributed by atoms with Gasteiger partial charge in [0.1, 0.15) is 11.6 Å². The quantitative estimate of drug-likeness (QED) is 0.845. The van der Waals surface area contributed by atoms with Gasteiger partial charge in [-0.15, -0.1) is 11.3 Å². The molecule has 2 rings (SSSR count). The Kier molecular flexibility index (Phi) is 5.93. The molecule has 0 spiro atoms. The molecule has 0 fully saturated rings. The van der Waals surface area contributed by atoms with Crippen molar-refractivity contribution in [2.24, 2.45) is 0 Å². The van der Waals surface area contributed by atoms with Crippen LogP contribution in [-0.2, 0) is 11.2 Å². The Morgan fingerprint density at radius 2 is 2.21 bits per heavy atom. The Hall–Kier alpha value is -2.39. The van der Waals surface area contributed by atoms with Gasteiger partial charge in [0.2, 0.25) is 5.91 Å². The minimum Gasteiger partial charge on any atom is -0.348 e. The molecular weight excluding hydrogens is 322 g/mol. The van der Waals surface area contributed by atoms with Crippen molar-refractivity contribution < 1.29 is 4.79 Å². The molecule has 1 amide bonds. The van der Waals surface area contributed by atoms with Crippen LogP contribution in [0, 0.1) is 25.2 Å². The number of aryl methyl sites for hydroxylation is 1. The van der Waals surface area contributed by atoms with Gasteiger partial charge in [-0.05, 0) is 49.3 Å². The SMILES string of the molecule is CC[C@@H](NC(=O)CCc1c(C)[nH]c(=O)c(C#N)c1C)c1cccs1. The van der Waals surface area contributed by atoms with Gasteiger partial charge in [0.05, 0.1) is 6.04 Å². The molecule has 0 saturated heterocycles. The van der Waals surface area contributed by atoms with Gasteiger partial charge in [0.25, 0.3) is 5.56 Å². The molecule has 2 N–H and O–H groups in total. The molecule has 0 aliphatic rings. The molecule has 0 aliphatic heterocycles. The highest BCUT2D eigenvalue weighted by Gasteiger charge is 2.16. The number of thiophene rings is 1. The van der Waals surface area contributed by atoms with Crippen LogP contribution in [0.1, 0.15) is 53.1 Å². The molecule has 2 aromatic heterocycles. The van der Waals surface area contributed by atoms with Crippen LogP contribution in [0.2, 0.25) is 0 Å². The number of nitrogens with zero attached hydrogens (tertiary/aromatic N) is 1. The fourth-order valence-corrected chi connectivity index (χ4v) is 3.65. The van der Waals surface area contributed by atoms with Gasteiger partial charge >= 0.3 is 0 Å². The van der Waals surface area contributed by atoms with Crippen molar-refractivity contribution in [1.82, 2.24) is 10.3 Å². The lowest BCUT2D eigenvalue weighted by Gasteiger charge is -2.16. The molecule has 0 aromatic carbocycles. The number of H-pyrrole nitrogens is 1. The molecule has 6 heteroatoms. The zero-order valence-electron chi connectivity index (χ0n) is 14.1. The number of aromatic nitrogens is 1. The van der Waals surface area contributed by atoms with Crippen LogP contribution in [0.5, 0.6) is 0 Å². The van der Waals surface area contributed by atoms with Crippen molar-refractivity contribution in [2.45, 2.75) is 46.1 Å². The van der Waals surface area contributed by atoms with Crippen LogP contribution in [0.3, 0.4) is 0 Å². The van der Waals surface area contributed by atoms with Crippen molar-refractivity contribution >= 4 is 17.2 Å². The van der Waals surface area contributed by atoms with E-state index >= 15 is 0 Å². The fraction of sp³-hybridized carbons (Fsp3) is 0.389. The summed E-state index contributed by atoms with van der Waals surface area (Å²) in [5, 5.41) is 14.2. The molecule has 2 heterocycles. The summed E-state index contributed by atoms with van der Waals surface area (Å²) in [6.07, 6.45) is 1.65. The van der Waals surface area contributed by atoms with E-state index in [0.29, 0.717) is 18.4 Å². The zero-order valence-corrected chi connectivity index (χ0v) is 14.9. The molecule has 0 aliphatic carbocycles. The lowest BCUT2D eigenvalue weighted by atomic mass is 9.99. The van der Waals surface area contributed by atoms with Crippen LogP contribution >= 0.6 is 11.3 Å². The molecular formula is C18H21N3O2S. The first-order valence-corrected chi connectivity index (χ1v) is 8.81. The monoisotopic (exact) mass is 343 g/mol. The second-order valence-electron chi connectivity index (χ2n) is 5.71. The van der Waals surface area contributed by atoms with Gasteiger partial charge in [-0.25, -0.2) is 0 Å². The largest absolute Gasteiger partial charge is 0.348 e. The lowest BCUT2D eigenvalue weighted by molar-refractivity contribution is -0.121. The number of pyridine rings is 1. The number of aromatic amines is 1. The molecule has 0 unspecified atom stereocenters. The average molecular weight is 343 g/mol. The van der Waals surface area contributed by atoms with E-state index in [4.69, 9.17) is 5.26 Å². The molecule has 24 heavy (non-hydrogen) atoms. The predicted octanol–water partition coefficient (Wildman–Crippen LogP) is 3.13. The fourth-order valence-electron chi connectivity index (χ4n) is 2.79. The number of amides is 1. The number of nitriles is 1. The minimum absolute atomic E-state index is 0.0289. The third kappa shape index (κ3) is 3.92. The molecule has 126 valence electrons. The number of rotatable bonds is 6. The summed E-state index contributed by atoms with van der Waals surface area (Å²) >= 11 is 1.63. The van der Waals surface area contributed by atoms with Crippen LogP contribution in [-0.4, -0.2) is 10.9 Å². The maximum Gasteiger partial charge on any atom is 0.266 e. The van der Waals surface area contributed by atoms with E-state index in [-0.39, 0.29) is 23.1 Å². The number of hydrogen-bond acceptors (Lipinski definition) is 4. The third-order valence-electron chi connectivity index (χ3n) is 4.15. The van der Waals surface area contributed by atoms with E-state index < -0.39 is 0 Å². The highest BCUT2D eigenvalue weighted by atomic mass is 32.1. The van der Waals surface area contributed by atoms with Crippen molar-refractivity contribution in [3.63, 3.8) is 0 Å². The Labute approximate surface area is 145 Å².